The largest absolute Gasteiger partial charge is 0.311 e. The van der Waals surface area contributed by atoms with Gasteiger partial charge in [0.15, 0.2) is 0 Å². The molecule has 0 N–H and O–H groups in total. The van der Waals surface area contributed by atoms with Crippen molar-refractivity contribution in [1.82, 2.24) is 4.57 Å². The Morgan fingerprint density at radius 2 is 1.90 bits per heavy atom. The van der Waals surface area contributed by atoms with E-state index in [4.69, 9.17) is 11.6 Å². The van der Waals surface area contributed by atoms with Crippen molar-refractivity contribution in [3.8, 4) is 11.3 Å². The van der Waals surface area contributed by atoms with Crippen molar-refractivity contribution < 1.29 is 4.79 Å². The lowest BCUT2D eigenvalue weighted by Gasteiger charge is -2.13. The van der Waals surface area contributed by atoms with E-state index in [1.54, 1.807) is 17.7 Å². The Morgan fingerprint density at radius 1 is 1.20 bits per heavy atom. The molecule has 1 aromatic carbocycles. The number of hydrogen-bond acceptors (Lipinski definition) is 2. The minimum Gasteiger partial charge on any atom is -0.311 e. The molecule has 0 spiro atoms. The van der Waals surface area contributed by atoms with Gasteiger partial charge >= 0.3 is 0 Å². The van der Waals surface area contributed by atoms with Gasteiger partial charge in [0.05, 0.1) is 12.1 Å². The van der Waals surface area contributed by atoms with Crippen LogP contribution >= 0.6 is 11.6 Å². The normalized spacial score (nSPS) is 10.6. The summed E-state index contributed by atoms with van der Waals surface area (Å²) >= 11 is 5.35. The third-order valence-corrected chi connectivity index (χ3v) is 3.52. The van der Waals surface area contributed by atoms with Gasteiger partial charge in [0.2, 0.25) is 5.24 Å². The second-order valence-electron chi connectivity index (χ2n) is 4.96. The van der Waals surface area contributed by atoms with Gasteiger partial charge < -0.3 is 4.57 Å². The number of carbonyl (C=O) groups excluding carboxylic acids is 1. The van der Waals surface area contributed by atoms with Gasteiger partial charge in [0.25, 0.3) is 5.56 Å². The number of benzene rings is 1. The maximum Gasteiger partial charge on any atom is 0.254 e. The Balaban J connectivity index is 2.60. The van der Waals surface area contributed by atoms with Gasteiger partial charge in [-0.3, -0.25) is 9.59 Å². The number of halogens is 1. The quantitative estimate of drug-likeness (QED) is 0.815. The van der Waals surface area contributed by atoms with Crippen LogP contribution in [0, 0.1) is 13.8 Å². The molecular formula is C16H16ClNO2. The molecule has 0 radical (unpaired) electrons. The Hall–Kier alpha value is -1.87. The highest BCUT2D eigenvalue weighted by Gasteiger charge is 2.11. The van der Waals surface area contributed by atoms with Gasteiger partial charge in [-0.05, 0) is 43.1 Å². The number of nitrogens with zero attached hydrogens (tertiary/aromatic N) is 1. The Kier molecular flexibility index (Phi) is 4.09. The first-order chi connectivity index (χ1) is 9.40. The van der Waals surface area contributed by atoms with E-state index in [-0.39, 0.29) is 12.0 Å². The van der Waals surface area contributed by atoms with Crippen LogP contribution in [0.15, 0.2) is 35.1 Å². The first-order valence-electron chi connectivity index (χ1n) is 6.35. The zero-order valence-corrected chi connectivity index (χ0v) is 12.5. The van der Waals surface area contributed by atoms with Crippen LogP contribution in [0.3, 0.4) is 0 Å². The summed E-state index contributed by atoms with van der Waals surface area (Å²) in [6.45, 7) is 4.02. The van der Waals surface area contributed by atoms with E-state index < -0.39 is 5.24 Å². The van der Waals surface area contributed by atoms with E-state index in [1.807, 2.05) is 32.0 Å². The molecule has 2 rings (SSSR count). The fourth-order valence-corrected chi connectivity index (χ4v) is 2.40. The monoisotopic (exact) mass is 289 g/mol. The molecule has 104 valence electrons. The first-order valence-corrected chi connectivity index (χ1v) is 6.73. The molecule has 0 unspecified atom stereocenters. The highest BCUT2D eigenvalue weighted by Crippen LogP contribution is 2.23. The summed E-state index contributed by atoms with van der Waals surface area (Å²) in [6, 6.07) is 9.66. The Bertz CT molecular complexity index is 732. The topological polar surface area (TPSA) is 39.1 Å². The predicted octanol–water partition coefficient (Wildman–Crippen LogP) is 2.98. The van der Waals surface area contributed by atoms with Gasteiger partial charge in [-0.15, -0.1) is 0 Å². The van der Waals surface area contributed by atoms with E-state index in [2.05, 4.69) is 6.07 Å². The Labute approximate surface area is 122 Å². The summed E-state index contributed by atoms with van der Waals surface area (Å²) in [5, 5.41) is -0.526. The first kappa shape index (κ1) is 14.5. The predicted molar refractivity (Wildman–Crippen MR) is 81.2 cm³/mol. The smallest absolute Gasteiger partial charge is 0.254 e. The molecular weight excluding hydrogens is 274 g/mol. The van der Waals surface area contributed by atoms with Crippen LogP contribution in [0.2, 0.25) is 0 Å². The molecule has 20 heavy (non-hydrogen) atoms. The lowest BCUT2D eigenvalue weighted by atomic mass is 10.0. The van der Waals surface area contributed by atoms with Crippen LogP contribution in [0.25, 0.3) is 11.3 Å². The van der Waals surface area contributed by atoms with Crippen molar-refractivity contribution >= 4 is 16.8 Å². The molecule has 0 saturated heterocycles. The van der Waals surface area contributed by atoms with Crippen molar-refractivity contribution in [2.75, 3.05) is 0 Å². The molecule has 4 heteroatoms. The van der Waals surface area contributed by atoms with Crippen LogP contribution < -0.4 is 5.56 Å². The summed E-state index contributed by atoms with van der Waals surface area (Å²) in [5.74, 6) is 0. The van der Waals surface area contributed by atoms with Gasteiger partial charge in [-0.1, -0.05) is 23.8 Å². The molecule has 0 amide bonds. The number of aryl methyl sites for hydroxylation is 2. The van der Waals surface area contributed by atoms with E-state index in [9.17, 15) is 9.59 Å². The highest BCUT2D eigenvalue weighted by molar-refractivity contribution is 6.63. The lowest BCUT2D eigenvalue weighted by molar-refractivity contribution is -0.111. The minimum atomic E-state index is -0.526. The molecule has 1 heterocycles. The summed E-state index contributed by atoms with van der Waals surface area (Å²) < 4.78 is 1.57. The third-order valence-electron chi connectivity index (χ3n) is 3.38. The molecule has 0 aliphatic carbocycles. The second kappa shape index (κ2) is 5.63. The maximum absolute atomic E-state index is 12.2. The number of rotatable bonds is 3. The lowest BCUT2D eigenvalue weighted by Crippen LogP contribution is -2.23. The molecule has 2 aromatic rings. The highest BCUT2D eigenvalue weighted by atomic mass is 35.5. The Morgan fingerprint density at radius 3 is 2.55 bits per heavy atom. The molecule has 0 saturated carbocycles. The van der Waals surface area contributed by atoms with E-state index in [1.165, 1.54) is 0 Å². The number of hydrogen-bond donors (Lipinski definition) is 0. The molecule has 0 atom stereocenters. The fraction of sp³-hybridized carbons (Fsp3) is 0.250. The number of pyridine rings is 1. The number of carbonyl (C=O) groups is 1. The van der Waals surface area contributed by atoms with Crippen LogP contribution in [0.5, 0.6) is 0 Å². The van der Waals surface area contributed by atoms with Crippen LogP contribution in [0.4, 0.5) is 0 Å². The third kappa shape index (κ3) is 2.83. The summed E-state index contributed by atoms with van der Waals surface area (Å²) in [6.07, 6.45) is -0.0404. The maximum atomic E-state index is 12.2. The molecule has 0 bridgehead atoms. The number of aromatic nitrogens is 1. The van der Waals surface area contributed by atoms with E-state index in [0.29, 0.717) is 5.56 Å². The molecule has 0 aliphatic rings. The summed E-state index contributed by atoms with van der Waals surface area (Å²) in [5.41, 5.74) is 4.33. The van der Waals surface area contributed by atoms with Crippen molar-refractivity contribution in [3.05, 3.63) is 57.4 Å². The summed E-state index contributed by atoms with van der Waals surface area (Å²) in [7, 11) is 1.71. The zero-order valence-electron chi connectivity index (χ0n) is 11.7. The SMILES string of the molecule is Cc1ccc(C)c(-c2ccc(CC(=O)Cl)c(=O)n2C)c1. The van der Waals surface area contributed by atoms with Crippen LogP contribution in [-0.4, -0.2) is 9.81 Å². The molecule has 0 aliphatic heterocycles. The second-order valence-corrected chi connectivity index (χ2v) is 5.38. The van der Waals surface area contributed by atoms with Crippen molar-refractivity contribution in [1.29, 1.82) is 0 Å². The van der Waals surface area contributed by atoms with Crippen molar-refractivity contribution in [3.63, 3.8) is 0 Å². The zero-order chi connectivity index (χ0) is 14.9. The van der Waals surface area contributed by atoms with Crippen LogP contribution in [-0.2, 0) is 18.3 Å². The van der Waals surface area contributed by atoms with Gasteiger partial charge in [-0.2, -0.15) is 0 Å². The molecule has 1 aromatic heterocycles. The minimum absolute atomic E-state index is 0.0404. The standard InChI is InChI=1S/C16H16ClNO2/c1-10-4-5-11(2)13(8-10)14-7-6-12(9-15(17)19)16(20)18(14)3/h4-8H,9H2,1-3H3. The van der Waals surface area contributed by atoms with Crippen molar-refractivity contribution in [2.45, 2.75) is 20.3 Å². The van der Waals surface area contributed by atoms with Gasteiger partial charge in [0.1, 0.15) is 0 Å². The fourth-order valence-electron chi connectivity index (χ4n) is 2.25. The summed E-state index contributed by atoms with van der Waals surface area (Å²) in [4.78, 5) is 23.2. The van der Waals surface area contributed by atoms with Gasteiger partial charge in [-0.25, -0.2) is 0 Å². The average Bonchev–Trinajstić information content (AvgIpc) is 2.38. The molecule has 0 fully saturated rings. The average molecular weight is 290 g/mol. The van der Waals surface area contributed by atoms with E-state index >= 15 is 0 Å². The molecule has 3 nitrogen and oxygen atoms in total. The van der Waals surface area contributed by atoms with Crippen LogP contribution in [0.1, 0.15) is 16.7 Å². The van der Waals surface area contributed by atoms with E-state index in [0.717, 1.165) is 22.4 Å². The van der Waals surface area contributed by atoms with Crippen molar-refractivity contribution in [2.24, 2.45) is 7.05 Å². The van der Waals surface area contributed by atoms with Gasteiger partial charge in [0, 0.05) is 18.2 Å².